The summed E-state index contributed by atoms with van der Waals surface area (Å²) in [7, 11) is 0. The van der Waals surface area contributed by atoms with Gasteiger partial charge in [0, 0.05) is 10.4 Å². The molecule has 4 heteroatoms. The van der Waals surface area contributed by atoms with E-state index in [4.69, 9.17) is 0 Å². The molecule has 21 heavy (non-hydrogen) atoms. The van der Waals surface area contributed by atoms with Gasteiger partial charge in [-0.15, -0.1) is 11.3 Å². The first-order valence-corrected chi connectivity index (χ1v) is 7.91. The van der Waals surface area contributed by atoms with E-state index >= 15 is 0 Å². The first-order valence-electron chi connectivity index (χ1n) is 7.10. The SMILES string of the molecule is C[C@@H]1CCc2sc(NC(=O)c3ccccc3)c(C#N)c2C1. The maximum Gasteiger partial charge on any atom is 0.256 e. The van der Waals surface area contributed by atoms with Crippen LogP contribution in [-0.2, 0) is 12.8 Å². The van der Waals surface area contributed by atoms with Crippen molar-refractivity contribution in [3.63, 3.8) is 0 Å². The van der Waals surface area contributed by atoms with E-state index in [0.29, 0.717) is 22.0 Å². The zero-order valence-electron chi connectivity index (χ0n) is 11.8. The van der Waals surface area contributed by atoms with Crippen molar-refractivity contribution >= 4 is 22.2 Å². The quantitative estimate of drug-likeness (QED) is 0.910. The van der Waals surface area contributed by atoms with Crippen molar-refractivity contribution in [3.8, 4) is 6.07 Å². The molecule has 1 amide bonds. The second-order valence-corrected chi connectivity index (χ2v) is 6.59. The molecular formula is C17H16N2OS. The van der Waals surface area contributed by atoms with E-state index in [1.165, 1.54) is 4.88 Å². The van der Waals surface area contributed by atoms with Gasteiger partial charge in [0.15, 0.2) is 0 Å². The lowest BCUT2D eigenvalue weighted by molar-refractivity contribution is 0.102. The van der Waals surface area contributed by atoms with Crippen LogP contribution in [0.5, 0.6) is 0 Å². The van der Waals surface area contributed by atoms with Crippen LogP contribution in [0.2, 0.25) is 0 Å². The molecule has 1 atom stereocenters. The summed E-state index contributed by atoms with van der Waals surface area (Å²) in [6.45, 7) is 2.21. The summed E-state index contributed by atoms with van der Waals surface area (Å²) in [5.74, 6) is 0.454. The summed E-state index contributed by atoms with van der Waals surface area (Å²) < 4.78 is 0. The minimum Gasteiger partial charge on any atom is -0.312 e. The van der Waals surface area contributed by atoms with Crippen LogP contribution in [0.1, 0.15) is 39.7 Å². The number of fused-ring (bicyclic) bond motifs is 1. The van der Waals surface area contributed by atoms with E-state index in [-0.39, 0.29) is 5.91 Å². The van der Waals surface area contributed by atoms with Gasteiger partial charge in [-0.05, 0) is 42.9 Å². The maximum absolute atomic E-state index is 12.2. The highest BCUT2D eigenvalue weighted by Gasteiger charge is 2.24. The van der Waals surface area contributed by atoms with E-state index in [9.17, 15) is 10.1 Å². The molecule has 3 nitrogen and oxygen atoms in total. The summed E-state index contributed by atoms with van der Waals surface area (Å²) in [4.78, 5) is 13.5. The zero-order valence-corrected chi connectivity index (χ0v) is 12.7. The van der Waals surface area contributed by atoms with Gasteiger partial charge in [-0.1, -0.05) is 25.1 Å². The number of rotatable bonds is 2. The first-order chi connectivity index (χ1) is 10.2. The smallest absolute Gasteiger partial charge is 0.256 e. The molecule has 2 aromatic rings. The molecule has 3 rings (SSSR count). The van der Waals surface area contributed by atoms with Gasteiger partial charge >= 0.3 is 0 Å². The molecule has 1 N–H and O–H groups in total. The van der Waals surface area contributed by atoms with Crippen LogP contribution in [0.3, 0.4) is 0 Å². The molecule has 1 aliphatic rings. The molecule has 0 bridgehead atoms. The number of benzene rings is 1. The molecule has 0 saturated heterocycles. The topological polar surface area (TPSA) is 52.9 Å². The van der Waals surface area contributed by atoms with Gasteiger partial charge in [0.1, 0.15) is 11.1 Å². The van der Waals surface area contributed by atoms with Gasteiger partial charge in [-0.25, -0.2) is 0 Å². The van der Waals surface area contributed by atoms with Gasteiger partial charge < -0.3 is 5.32 Å². The maximum atomic E-state index is 12.2. The van der Waals surface area contributed by atoms with Gasteiger partial charge in [0.2, 0.25) is 0 Å². The predicted molar refractivity (Wildman–Crippen MR) is 84.6 cm³/mol. The summed E-state index contributed by atoms with van der Waals surface area (Å²) in [5.41, 5.74) is 2.41. The van der Waals surface area contributed by atoms with Crippen molar-refractivity contribution in [1.82, 2.24) is 0 Å². The zero-order chi connectivity index (χ0) is 14.8. The monoisotopic (exact) mass is 296 g/mol. The molecule has 1 aromatic heterocycles. The summed E-state index contributed by atoms with van der Waals surface area (Å²) in [6.07, 6.45) is 3.11. The number of anilines is 1. The molecule has 0 aliphatic heterocycles. The van der Waals surface area contributed by atoms with Crippen LogP contribution >= 0.6 is 11.3 Å². The van der Waals surface area contributed by atoms with Crippen LogP contribution in [0, 0.1) is 17.2 Å². The molecular weight excluding hydrogens is 280 g/mol. The Balaban J connectivity index is 1.90. The van der Waals surface area contributed by atoms with E-state index < -0.39 is 0 Å². The number of nitrogens with zero attached hydrogens (tertiary/aromatic N) is 1. The standard InChI is InChI=1S/C17H16N2OS/c1-11-7-8-15-13(9-11)14(10-18)17(21-15)19-16(20)12-5-3-2-4-6-12/h2-6,11H,7-9H2,1H3,(H,19,20)/t11-/m1/s1. The number of hydrogen-bond acceptors (Lipinski definition) is 3. The van der Waals surface area contributed by atoms with Crippen LogP contribution in [0.15, 0.2) is 30.3 Å². The minimum absolute atomic E-state index is 0.154. The molecule has 0 saturated carbocycles. The number of amides is 1. The van der Waals surface area contributed by atoms with Gasteiger partial charge in [-0.3, -0.25) is 4.79 Å². The highest BCUT2D eigenvalue weighted by atomic mass is 32.1. The number of thiophene rings is 1. The molecule has 1 aromatic carbocycles. The normalized spacial score (nSPS) is 16.9. The third-order valence-corrected chi connectivity index (χ3v) is 5.09. The number of nitrogens with one attached hydrogen (secondary N) is 1. The van der Waals surface area contributed by atoms with Crippen molar-refractivity contribution in [2.45, 2.75) is 26.2 Å². The van der Waals surface area contributed by atoms with E-state index in [1.807, 2.05) is 18.2 Å². The summed E-state index contributed by atoms with van der Waals surface area (Å²) in [6, 6.07) is 11.4. The fraction of sp³-hybridized carbons (Fsp3) is 0.294. The third kappa shape index (κ3) is 2.70. The number of carbonyl (C=O) groups excluding carboxylic acids is 1. The van der Waals surface area contributed by atoms with Crippen molar-refractivity contribution in [3.05, 3.63) is 51.9 Å². The van der Waals surface area contributed by atoms with Crippen LogP contribution in [-0.4, -0.2) is 5.91 Å². The second-order valence-electron chi connectivity index (χ2n) is 5.49. The Bertz CT molecular complexity index is 712. The Labute approximate surface area is 128 Å². The third-order valence-electron chi connectivity index (χ3n) is 3.88. The highest BCUT2D eigenvalue weighted by molar-refractivity contribution is 7.16. The second kappa shape index (κ2) is 5.71. The predicted octanol–water partition coefficient (Wildman–Crippen LogP) is 4.00. The van der Waals surface area contributed by atoms with Crippen molar-refractivity contribution in [2.75, 3.05) is 5.32 Å². The molecule has 0 radical (unpaired) electrons. The average molecular weight is 296 g/mol. The lowest BCUT2D eigenvalue weighted by Gasteiger charge is -2.17. The van der Waals surface area contributed by atoms with Gasteiger partial charge in [-0.2, -0.15) is 5.26 Å². The van der Waals surface area contributed by atoms with Crippen molar-refractivity contribution in [2.24, 2.45) is 5.92 Å². The summed E-state index contributed by atoms with van der Waals surface area (Å²) in [5, 5.41) is 13.0. The molecule has 1 aliphatic carbocycles. The number of hydrogen-bond donors (Lipinski definition) is 1. The van der Waals surface area contributed by atoms with E-state index in [1.54, 1.807) is 23.5 Å². The van der Waals surface area contributed by atoms with Gasteiger partial charge in [0.05, 0.1) is 5.56 Å². The number of carbonyl (C=O) groups is 1. The van der Waals surface area contributed by atoms with Crippen molar-refractivity contribution < 1.29 is 4.79 Å². The van der Waals surface area contributed by atoms with Crippen molar-refractivity contribution in [1.29, 1.82) is 5.26 Å². The Morgan fingerprint density at radius 3 is 2.86 bits per heavy atom. The summed E-state index contributed by atoms with van der Waals surface area (Å²) >= 11 is 1.56. The van der Waals surface area contributed by atoms with Crippen LogP contribution in [0.25, 0.3) is 0 Å². The lowest BCUT2D eigenvalue weighted by Crippen LogP contribution is -2.12. The highest BCUT2D eigenvalue weighted by Crippen LogP contribution is 2.39. The Hall–Kier alpha value is -2.12. The Morgan fingerprint density at radius 1 is 1.38 bits per heavy atom. The van der Waals surface area contributed by atoms with E-state index in [2.05, 4.69) is 18.3 Å². The first kappa shape index (κ1) is 13.8. The lowest BCUT2D eigenvalue weighted by atomic mass is 9.88. The fourth-order valence-corrected chi connectivity index (χ4v) is 3.92. The number of nitriles is 1. The minimum atomic E-state index is -0.154. The largest absolute Gasteiger partial charge is 0.312 e. The van der Waals surface area contributed by atoms with Crippen LogP contribution in [0.4, 0.5) is 5.00 Å². The molecule has 0 fully saturated rings. The molecule has 1 heterocycles. The molecule has 0 unspecified atom stereocenters. The molecule has 106 valence electrons. The Morgan fingerprint density at radius 2 is 2.14 bits per heavy atom. The fourth-order valence-electron chi connectivity index (χ4n) is 2.73. The van der Waals surface area contributed by atoms with Gasteiger partial charge in [0.25, 0.3) is 5.91 Å². The number of aryl methyl sites for hydroxylation is 1. The average Bonchev–Trinajstić information content (AvgIpc) is 2.84. The Kier molecular flexibility index (Phi) is 3.76. The molecule has 0 spiro atoms. The van der Waals surface area contributed by atoms with E-state index in [0.717, 1.165) is 24.8 Å². The van der Waals surface area contributed by atoms with Crippen LogP contribution < -0.4 is 5.32 Å².